The summed E-state index contributed by atoms with van der Waals surface area (Å²) in [6, 6.07) is 7.76. The van der Waals surface area contributed by atoms with E-state index in [4.69, 9.17) is 5.73 Å². The van der Waals surface area contributed by atoms with Crippen molar-refractivity contribution >= 4 is 10.2 Å². The molecule has 0 atom stereocenters. The van der Waals surface area contributed by atoms with Crippen LogP contribution in [0.1, 0.15) is 30.9 Å². The Bertz CT molecular complexity index is 549. The molecule has 0 spiro atoms. The van der Waals surface area contributed by atoms with Gasteiger partial charge in [-0.3, -0.25) is 0 Å². The number of rotatable bonds is 5. The zero-order valence-electron chi connectivity index (χ0n) is 12.8. The second kappa shape index (κ2) is 6.87. The quantitative estimate of drug-likeness (QED) is 0.897. The van der Waals surface area contributed by atoms with Gasteiger partial charge in [-0.1, -0.05) is 31.2 Å². The van der Waals surface area contributed by atoms with Crippen molar-refractivity contribution in [1.82, 2.24) is 8.61 Å². The van der Waals surface area contributed by atoms with Crippen LogP contribution in [-0.4, -0.2) is 37.2 Å². The Morgan fingerprint density at radius 2 is 1.71 bits per heavy atom. The predicted octanol–water partition coefficient (Wildman–Crippen LogP) is 1.55. The van der Waals surface area contributed by atoms with Gasteiger partial charge in [-0.2, -0.15) is 17.0 Å². The summed E-state index contributed by atoms with van der Waals surface area (Å²) >= 11 is 0. The van der Waals surface area contributed by atoms with Gasteiger partial charge in [-0.25, -0.2) is 0 Å². The van der Waals surface area contributed by atoms with E-state index < -0.39 is 10.2 Å². The van der Waals surface area contributed by atoms with Crippen LogP contribution in [0.4, 0.5) is 0 Å². The molecule has 2 N–H and O–H groups in total. The highest BCUT2D eigenvalue weighted by atomic mass is 32.2. The average Bonchev–Trinajstić information content (AvgIpc) is 2.48. The van der Waals surface area contributed by atoms with Gasteiger partial charge in [-0.15, -0.1) is 0 Å². The first kappa shape index (κ1) is 16.4. The molecule has 1 fully saturated rings. The van der Waals surface area contributed by atoms with Crippen molar-refractivity contribution in [2.45, 2.75) is 32.9 Å². The Morgan fingerprint density at radius 3 is 2.24 bits per heavy atom. The first-order chi connectivity index (χ1) is 9.93. The maximum atomic E-state index is 12.6. The standard InChI is InChI=1S/C15H25N3O2S/c1-13-7-9-18(10-8-13)21(19,20)17(2)12-15-5-3-14(11-16)4-6-15/h3-6,13H,7-12,16H2,1-2H3. The summed E-state index contributed by atoms with van der Waals surface area (Å²) in [5.41, 5.74) is 7.59. The summed E-state index contributed by atoms with van der Waals surface area (Å²) in [5, 5.41) is 0. The second-order valence-corrected chi connectivity index (χ2v) is 7.90. The van der Waals surface area contributed by atoms with Crippen LogP contribution in [0.15, 0.2) is 24.3 Å². The molecule has 0 aromatic heterocycles. The molecule has 2 rings (SSSR count). The summed E-state index contributed by atoms with van der Waals surface area (Å²) in [7, 11) is -1.71. The van der Waals surface area contributed by atoms with Gasteiger partial charge in [0.1, 0.15) is 0 Å². The summed E-state index contributed by atoms with van der Waals surface area (Å²) < 4.78 is 28.1. The van der Waals surface area contributed by atoms with Gasteiger partial charge < -0.3 is 5.73 Å². The first-order valence-electron chi connectivity index (χ1n) is 7.42. The highest BCUT2D eigenvalue weighted by Crippen LogP contribution is 2.21. The van der Waals surface area contributed by atoms with E-state index in [1.54, 1.807) is 11.4 Å². The molecular weight excluding hydrogens is 286 g/mol. The lowest BCUT2D eigenvalue weighted by atomic mass is 10.0. The topological polar surface area (TPSA) is 66.6 Å². The smallest absolute Gasteiger partial charge is 0.282 e. The normalized spacial score (nSPS) is 18.3. The molecule has 5 nitrogen and oxygen atoms in total. The average molecular weight is 311 g/mol. The monoisotopic (exact) mass is 311 g/mol. The molecule has 0 radical (unpaired) electrons. The second-order valence-electron chi connectivity index (χ2n) is 5.87. The molecule has 1 aliphatic heterocycles. The van der Waals surface area contributed by atoms with Gasteiger partial charge in [0.2, 0.25) is 0 Å². The van der Waals surface area contributed by atoms with Crippen LogP contribution in [0.25, 0.3) is 0 Å². The lowest BCUT2D eigenvalue weighted by Crippen LogP contribution is -2.45. The molecule has 118 valence electrons. The summed E-state index contributed by atoms with van der Waals surface area (Å²) in [6.45, 7) is 4.31. The van der Waals surface area contributed by atoms with Crippen LogP contribution in [0, 0.1) is 5.92 Å². The van der Waals surface area contributed by atoms with Crippen LogP contribution in [0.5, 0.6) is 0 Å². The van der Waals surface area contributed by atoms with Crippen molar-refractivity contribution < 1.29 is 8.42 Å². The maximum Gasteiger partial charge on any atom is 0.282 e. The van der Waals surface area contributed by atoms with Crippen molar-refractivity contribution in [3.8, 4) is 0 Å². The van der Waals surface area contributed by atoms with Crippen molar-refractivity contribution in [1.29, 1.82) is 0 Å². The van der Waals surface area contributed by atoms with E-state index in [9.17, 15) is 8.42 Å². The molecule has 0 unspecified atom stereocenters. The molecule has 21 heavy (non-hydrogen) atoms. The third-order valence-corrected chi connectivity index (χ3v) is 6.06. The molecule has 1 heterocycles. The molecule has 1 aromatic rings. The molecule has 0 aliphatic carbocycles. The van der Waals surface area contributed by atoms with Crippen LogP contribution < -0.4 is 5.73 Å². The van der Waals surface area contributed by atoms with Gasteiger partial charge in [0.05, 0.1) is 0 Å². The summed E-state index contributed by atoms with van der Waals surface area (Å²) in [4.78, 5) is 0. The molecule has 0 bridgehead atoms. The molecule has 6 heteroatoms. The van der Waals surface area contributed by atoms with Crippen LogP contribution in [-0.2, 0) is 23.3 Å². The molecule has 0 amide bonds. The Morgan fingerprint density at radius 1 is 1.19 bits per heavy atom. The highest BCUT2D eigenvalue weighted by Gasteiger charge is 2.29. The lowest BCUT2D eigenvalue weighted by molar-refractivity contribution is 0.269. The van der Waals surface area contributed by atoms with Crippen molar-refractivity contribution in [2.24, 2.45) is 11.7 Å². The van der Waals surface area contributed by atoms with E-state index in [0.717, 1.165) is 24.0 Å². The number of benzene rings is 1. The molecule has 1 aliphatic rings. The molecule has 1 aromatic carbocycles. The summed E-state index contributed by atoms with van der Waals surface area (Å²) in [6.07, 6.45) is 1.89. The van der Waals surface area contributed by atoms with Crippen LogP contribution in [0.2, 0.25) is 0 Å². The van der Waals surface area contributed by atoms with Gasteiger partial charge in [0.25, 0.3) is 10.2 Å². The number of nitrogens with two attached hydrogens (primary N) is 1. The predicted molar refractivity (Wildman–Crippen MR) is 84.7 cm³/mol. The van der Waals surface area contributed by atoms with Crippen molar-refractivity contribution in [3.05, 3.63) is 35.4 Å². The zero-order valence-corrected chi connectivity index (χ0v) is 13.6. The SMILES string of the molecule is CC1CCN(S(=O)(=O)N(C)Cc2ccc(CN)cc2)CC1. The fourth-order valence-corrected chi connectivity index (χ4v) is 3.91. The van der Waals surface area contributed by atoms with Gasteiger partial charge >= 0.3 is 0 Å². The van der Waals surface area contributed by atoms with E-state index in [-0.39, 0.29) is 0 Å². The Hall–Kier alpha value is -0.950. The van der Waals surface area contributed by atoms with E-state index in [1.807, 2.05) is 24.3 Å². The fraction of sp³-hybridized carbons (Fsp3) is 0.600. The van der Waals surface area contributed by atoms with E-state index in [1.165, 1.54) is 4.31 Å². The zero-order chi connectivity index (χ0) is 15.5. The Labute approximate surface area is 127 Å². The third kappa shape index (κ3) is 4.03. The van der Waals surface area contributed by atoms with E-state index in [2.05, 4.69) is 6.92 Å². The minimum atomic E-state index is -3.36. The van der Waals surface area contributed by atoms with Gasteiger partial charge in [0.15, 0.2) is 0 Å². The van der Waals surface area contributed by atoms with Crippen LogP contribution >= 0.6 is 0 Å². The fourth-order valence-electron chi connectivity index (χ4n) is 2.53. The molecule has 0 saturated carbocycles. The number of hydrogen-bond donors (Lipinski definition) is 1. The number of piperidine rings is 1. The lowest BCUT2D eigenvalue weighted by Gasteiger charge is -2.32. The van der Waals surface area contributed by atoms with Crippen molar-refractivity contribution in [3.63, 3.8) is 0 Å². The first-order valence-corrected chi connectivity index (χ1v) is 8.82. The van der Waals surface area contributed by atoms with E-state index in [0.29, 0.717) is 32.1 Å². The van der Waals surface area contributed by atoms with Crippen molar-refractivity contribution in [2.75, 3.05) is 20.1 Å². The molecule has 1 saturated heterocycles. The Balaban J connectivity index is 2.02. The van der Waals surface area contributed by atoms with Gasteiger partial charge in [0, 0.05) is 33.2 Å². The van der Waals surface area contributed by atoms with E-state index >= 15 is 0 Å². The number of nitrogens with zero attached hydrogens (tertiary/aromatic N) is 2. The number of hydrogen-bond acceptors (Lipinski definition) is 3. The minimum Gasteiger partial charge on any atom is -0.326 e. The third-order valence-electron chi connectivity index (χ3n) is 4.13. The molecular formula is C15H25N3O2S. The highest BCUT2D eigenvalue weighted by molar-refractivity contribution is 7.86. The summed E-state index contributed by atoms with van der Waals surface area (Å²) in [5.74, 6) is 0.616. The Kier molecular flexibility index (Phi) is 5.37. The maximum absolute atomic E-state index is 12.6. The minimum absolute atomic E-state index is 0.388. The largest absolute Gasteiger partial charge is 0.326 e. The van der Waals surface area contributed by atoms with Gasteiger partial charge in [-0.05, 0) is 29.9 Å². The van der Waals surface area contributed by atoms with Crippen LogP contribution in [0.3, 0.4) is 0 Å².